The van der Waals surface area contributed by atoms with E-state index in [1.807, 2.05) is 12.4 Å². The van der Waals surface area contributed by atoms with Gasteiger partial charge in [-0.3, -0.25) is 4.84 Å². The van der Waals surface area contributed by atoms with Gasteiger partial charge in [-0.25, -0.2) is 4.79 Å². The van der Waals surface area contributed by atoms with Crippen molar-refractivity contribution >= 4 is 6.09 Å². The number of amides is 1. The normalized spacial score (nSPS) is 8.36. The number of nitrogens with one attached hydrogen (secondary N) is 1. The van der Waals surface area contributed by atoms with Gasteiger partial charge in [0.05, 0.1) is 6.61 Å². The van der Waals surface area contributed by atoms with E-state index in [1.54, 1.807) is 6.11 Å². The minimum absolute atomic E-state index is 0.468. The van der Waals surface area contributed by atoms with Crippen LogP contribution in [0.2, 0.25) is 0 Å². The molecule has 1 N–H and O–H groups in total. The molecule has 0 spiro atoms. The number of hydrogen-bond donors (Lipinski definition) is 1. The predicted molar refractivity (Wildman–Crippen MR) is 39.3 cm³/mol. The Kier molecular flexibility index (Phi) is 6.14. The first-order valence-electron chi connectivity index (χ1n) is 3.35. The summed E-state index contributed by atoms with van der Waals surface area (Å²) < 4.78 is 4.07. The van der Waals surface area contributed by atoms with Crippen LogP contribution in [0.15, 0.2) is 0 Å². The van der Waals surface area contributed by atoms with E-state index in [1.165, 1.54) is 0 Å². The van der Waals surface area contributed by atoms with E-state index >= 15 is 0 Å². The Labute approximate surface area is 65.8 Å². The highest BCUT2D eigenvalue weighted by Gasteiger charge is 1.97. The van der Waals surface area contributed by atoms with Crippen molar-refractivity contribution in [3.63, 3.8) is 0 Å². The van der Waals surface area contributed by atoms with Crippen molar-refractivity contribution in [3.05, 3.63) is 0 Å². The zero-order valence-electron chi connectivity index (χ0n) is 6.42. The Balaban J connectivity index is 3.12. The molecule has 0 aromatic heterocycles. The first-order valence-corrected chi connectivity index (χ1v) is 3.35. The van der Waals surface area contributed by atoms with Gasteiger partial charge in [0, 0.05) is 0 Å². The molecule has 0 fully saturated rings. The van der Waals surface area contributed by atoms with Crippen molar-refractivity contribution < 1.29 is 14.4 Å². The molecule has 0 heterocycles. The molecule has 0 aromatic carbocycles. The SMILES string of the molecule is C#COC(=O)NOCCCC. The maximum absolute atomic E-state index is 10.4. The molecular formula is C7H11NO3. The van der Waals surface area contributed by atoms with Gasteiger partial charge < -0.3 is 4.74 Å². The lowest BCUT2D eigenvalue weighted by Crippen LogP contribution is -2.23. The summed E-state index contributed by atoms with van der Waals surface area (Å²) in [4.78, 5) is 15.1. The number of hydroxylamine groups is 1. The van der Waals surface area contributed by atoms with E-state index in [0.29, 0.717) is 6.61 Å². The van der Waals surface area contributed by atoms with E-state index in [9.17, 15) is 4.79 Å². The van der Waals surface area contributed by atoms with Crippen LogP contribution in [0, 0.1) is 12.5 Å². The minimum atomic E-state index is -0.761. The molecule has 11 heavy (non-hydrogen) atoms. The number of ether oxygens (including phenoxy) is 1. The van der Waals surface area contributed by atoms with Crippen LogP contribution in [0.3, 0.4) is 0 Å². The fourth-order valence-electron chi connectivity index (χ4n) is 0.401. The molecule has 0 aromatic rings. The number of carbonyl (C=O) groups excluding carboxylic acids is 1. The molecule has 0 rings (SSSR count). The van der Waals surface area contributed by atoms with Crippen molar-refractivity contribution in [3.8, 4) is 12.5 Å². The standard InChI is InChI=1S/C7H11NO3/c1-3-5-6-11-8-7(9)10-4-2/h2H,3,5-6H2,1H3,(H,8,9). The molecule has 1 amide bonds. The minimum Gasteiger partial charge on any atom is -0.355 e. The topological polar surface area (TPSA) is 47.6 Å². The summed E-state index contributed by atoms with van der Waals surface area (Å²) in [7, 11) is 0. The molecule has 0 aliphatic carbocycles. The van der Waals surface area contributed by atoms with Crippen molar-refractivity contribution in [1.82, 2.24) is 5.48 Å². The second-order valence-electron chi connectivity index (χ2n) is 1.81. The van der Waals surface area contributed by atoms with Crippen molar-refractivity contribution in [2.45, 2.75) is 19.8 Å². The number of rotatable bonds is 4. The van der Waals surface area contributed by atoms with Gasteiger partial charge in [-0.15, -0.1) is 0 Å². The van der Waals surface area contributed by atoms with E-state index in [-0.39, 0.29) is 0 Å². The van der Waals surface area contributed by atoms with Crippen molar-refractivity contribution in [1.29, 1.82) is 0 Å². The zero-order valence-corrected chi connectivity index (χ0v) is 6.42. The molecule has 0 aliphatic heterocycles. The molecule has 0 saturated heterocycles. The Morgan fingerprint density at radius 1 is 1.73 bits per heavy atom. The van der Waals surface area contributed by atoms with Gasteiger partial charge in [0.15, 0.2) is 0 Å². The van der Waals surface area contributed by atoms with Crippen molar-refractivity contribution in [2.24, 2.45) is 0 Å². The second-order valence-corrected chi connectivity index (χ2v) is 1.81. The Morgan fingerprint density at radius 2 is 2.45 bits per heavy atom. The zero-order chi connectivity index (χ0) is 8.53. The maximum Gasteiger partial charge on any atom is 0.445 e. The molecule has 4 nitrogen and oxygen atoms in total. The van der Waals surface area contributed by atoms with Crippen LogP contribution >= 0.6 is 0 Å². The summed E-state index contributed by atoms with van der Waals surface area (Å²) in [6.45, 7) is 2.49. The van der Waals surface area contributed by atoms with Crippen LogP contribution in [0.1, 0.15) is 19.8 Å². The maximum atomic E-state index is 10.4. The van der Waals surface area contributed by atoms with Gasteiger partial charge >= 0.3 is 6.09 Å². The summed E-state index contributed by atoms with van der Waals surface area (Å²) in [5, 5.41) is 0. The van der Waals surface area contributed by atoms with Crippen LogP contribution in [0.25, 0.3) is 0 Å². The fraction of sp³-hybridized carbons (Fsp3) is 0.571. The predicted octanol–water partition coefficient (Wildman–Crippen LogP) is 1.03. The lowest BCUT2D eigenvalue weighted by molar-refractivity contribution is 0.0405. The van der Waals surface area contributed by atoms with Gasteiger partial charge in [0.1, 0.15) is 6.11 Å². The van der Waals surface area contributed by atoms with Crippen LogP contribution in [0.5, 0.6) is 0 Å². The third-order valence-corrected chi connectivity index (χ3v) is 0.907. The number of carbonyl (C=O) groups is 1. The summed E-state index contributed by atoms with van der Waals surface area (Å²) in [5.74, 6) is 0. The smallest absolute Gasteiger partial charge is 0.355 e. The third-order valence-electron chi connectivity index (χ3n) is 0.907. The van der Waals surface area contributed by atoms with Gasteiger partial charge in [0.25, 0.3) is 0 Å². The fourth-order valence-corrected chi connectivity index (χ4v) is 0.401. The van der Waals surface area contributed by atoms with Crippen molar-refractivity contribution in [2.75, 3.05) is 6.61 Å². The largest absolute Gasteiger partial charge is 0.445 e. The molecule has 0 unspecified atom stereocenters. The Morgan fingerprint density at radius 3 is 3.00 bits per heavy atom. The summed E-state index contributed by atoms with van der Waals surface area (Å²) in [6, 6.07) is 0. The summed E-state index contributed by atoms with van der Waals surface area (Å²) >= 11 is 0. The first-order chi connectivity index (χ1) is 5.31. The average Bonchev–Trinajstić information content (AvgIpc) is 1.99. The Hall–Kier alpha value is -1.21. The third kappa shape index (κ3) is 6.68. The quantitative estimate of drug-likeness (QED) is 0.376. The molecule has 4 heteroatoms. The molecule has 0 atom stereocenters. The molecule has 62 valence electrons. The van der Waals surface area contributed by atoms with Crippen LogP contribution in [0.4, 0.5) is 4.79 Å². The molecule has 0 radical (unpaired) electrons. The first kappa shape index (κ1) is 9.79. The second kappa shape index (κ2) is 6.90. The van der Waals surface area contributed by atoms with E-state index in [2.05, 4.69) is 16.0 Å². The lowest BCUT2D eigenvalue weighted by Gasteiger charge is -2.01. The highest BCUT2D eigenvalue weighted by Crippen LogP contribution is 1.85. The Bertz CT molecular complexity index is 150. The number of unbranched alkanes of at least 4 members (excludes halogenated alkanes) is 1. The number of terminal acetylenes is 1. The van der Waals surface area contributed by atoms with Gasteiger partial charge in [0.2, 0.25) is 0 Å². The highest BCUT2D eigenvalue weighted by atomic mass is 16.7. The van der Waals surface area contributed by atoms with E-state index < -0.39 is 6.09 Å². The van der Waals surface area contributed by atoms with Crippen LogP contribution in [-0.4, -0.2) is 12.7 Å². The van der Waals surface area contributed by atoms with Crippen LogP contribution < -0.4 is 5.48 Å². The van der Waals surface area contributed by atoms with Gasteiger partial charge in [-0.2, -0.15) is 5.48 Å². The molecule has 0 aliphatic rings. The molecule has 0 saturated carbocycles. The highest BCUT2D eigenvalue weighted by molar-refractivity contribution is 5.66. The average molecular weight is 157 g/mol. The van der Waals surface area contributed by atoms with Crippen LogP contribution in [-0.2, 0) is 9.57 Å². The van der Waals surface area contributed by atoms with E-state index in [4.69, 9.17) is 0 Å². The monoisotopic (exact) mass is 157 g/mol. The molecule has 0 bridgehead atoms. The van der Waals surface area contributed by atoms with Gasteiger partial charge in [-0.05, 0) is 6.42 Å². The lowest BCUT2D eigenvalue weighted by atomic mass is 10.4. The van der Waals surface area contributed by atoms with E-state index in [0.717, 1.165) is 12.8 Å². The number of hydrogen-bond acceptors (Lipinski definition) is 3. The summed E-state index contributed by atoms with van der Waals surface area (Å²) in [6.07, 6.45) is 7.52. The summed E-state index contributed by atoms with van der Waals surface area (Å²) in [5.41, 5.74) is 2.01. The van der Waals surface area contributed by atoms with Gasteiger partial charge in [-0.1, -0.05) is 19.8 Å². The molecular weight excluding hydrogens is 146 g/mol.